The first-order valence-corrected chi connectivity index (χ1v) is 8.79. The maximum Gasteiger partial charge on any atom is 0.264 e. The van der Waals surface area contributed by atoms with Gasteiger partial charge in [0.1, 0.15) is 5.82 Å². The predicted molar refractivity (Wildman–Crippen MR) is 84.3 cm³/mol. The smallest absolute Gasteiger partial charge is 0.264 e. The highest BCUT2D eigenvalue weighted by Crippen LogP contribution is 2.26. The number of anilines is 1. The van der Waals surface area contributed by atoms with Gasteiger partial charge < -0.3 is 5.32 Å². The Hall–Kier alpha value is -1.93. The van der Waals surface area contributed by atoms with Gasteiger partial charge in [-0.25, -0.2) is 12.8 Å². The van der Waals surface area contributed by atoms with E-state index < -0.39 is 15.8 Å². The Morgan fingerprint density at radius 2 is 1.95 bits per heavy atom. The summed E-state index contributed by atoms with van der Waals surface area (Å²) < 4.78 is 39.0. The van der Waals surface area contributed by atoms with Crippen molar-refractivity contribution in [2.24, 2.45) is 0 Å². The van der Waals surface area contributed by atoms with Gasteiger partial charge in [-0.05, 0) is 37.3 Å². The third-order valence-corrected chi connectivity index (χ3v) is 5.83. The van der Waals surface area contributed by atoms with Crippen LogP contribution in [0.5, 0.6) is 0 Å². The summed E-state index contributed by atoms with van der Waals surface area (Å²) in [6, 6.07) is 6.48. The number of carbonyl (C=O) groups is 1. The molecule has 0 saturated heterocycles. The Morgan fingerprint density at radius 1 is 1.32 bits per heavy atom. The SMILES string of the molecule is CCNC(=O)c1cc(S(=O)(=O)N(C)c2ccc(F)cc2)cs1. The summed E-state index contributed by atoms with van der Waals surface area (Å²) in [5, 5.41) is 4.03. The summed E-state index contributed by atoms with van der Waals surface area (Å²) in [6.45, 7) is 2.25. The molecule has 22 heavy (non-hydrogen) atoms. The normalized spacial score (nSPS) is 11.2. The van der Waals surface area contributed by atoms with Crippen LogP contribution in [-0.4, -0.2) is 27.9 Å². The molecule has 1 amide bonds. The van der Waals surface area contributed by atoms with Crippen LogP contribution >= 0.6 is 11.3 Å². The van der Waals surface area contributed by atoms with E-state index >= 15 is 0 Å². The predicted octanol–water partition coefficient (Wildman–Crippen LogP) is 2.46. The Labute approximate surface area is 132 Å². The van der Waals surface area contributed by atoms with Gasteiger partial charge in [0.15, 0.2) is 0 Å². The molecule has 0 aliphatic rings. The van der Waals surface area contributed by atoms with Gasteiger partial charge in [0.05, 0.1) is 15.5 Å². The quantitative estimate of drug-likeness (QED) is 0.908. The van der Waals surface area contributed by atoms with E-state index in [0.29, 0.717) is 17.1 Å². The van der Waals surface area contributed by atoms with Gasteiger partial charge in [-0.1, -0.05) is 0 Å². The number of nitrogens with one attached hydrogen (secondary N) is 1. The molecule has 0 atom stereocenters. The molecule has 0 unspecified atom stereocenters. The highest BCUT2D eigenvalue weighted by Gasteiger charge is 2.24. The van der Waals surface area contributed by atoms with Gasteiger partial charge in [-0.2, -0.15) is 0 Å². The lowest BCUT2D eigenvalue weighted by molar-refractivity contribution is 0.0959. The summed E-state index contributed by atoms with van der Waals surface area (Å²) in [5.74, 6) is -0.748. The van der Waals surface area contributed by atoms with Crippen LogP contribution in [-0.2, 0) is 10.0 Å². The van der Waals surface area contributed by atoms with Crippen LogP contribution in [0.2, 0.25) is 0 Å². The van der Waals surface area contributed by atoms with Crippen LogP contribution in [0, 0.1) is 5.82 Å². The van der Waals surface area contributed by atoms with Crippen molar-refractivity contribution in [3.05, 3.63) is 46.4 Å². The van der Waals surface area contributed by atoms with E-state index in [0.717, 1.165) is 15.6 Å². The first-order valence-electron chi connectivity index (χ1n) is 6.47. The maximum atomic E-state index is 12.9. The number of hydrogen-bond donors (Lipinski definition) is 1. The fourth-order valence-corrected chi connectivity index (χ4v) is 4.14. The molecule has 0 spiro atoms. The Kier molecular flexibility index (Phi) is 4.82. The highest BCUT2D eigenvalue weighted by molar-refractivity contribution is 7.93. The largest absolute Gasteiger partial charge is 0.352 e. The van der Waals surface area contributed by atoms with E-state index in [4.69, 9.17) is 0 Å². The summed E-state index contributed by atoms with van der Waals surface area (Å²) in [7, 11) is -2.41. The van der Waals surface area contributed by atoms with Crippen LogP contribution in [0.4, 0.5) is 10.1 Å². The molecule has 0 radical (unpaired) electrons. The molecule has 2 aromatic rings. The van der Waals surface area contributed by atoms with Crippen molar-refractivity contribution in [2.45, 2.75) is 11.8 Å². The van der Waals surface area contributed by atoms with Gasteiger partial charge in [0.2, 0.25) is 0 Å². The van der Waals surface area contributed by atoms with E-state index in [1.165, 1.54) is 42.8 Å². The maximum absolute atomic E-state index is 12.9. The lowest BCUT2D eigenvalue weighted by atomic mass is 10.3. The van der Waals surface area contributed by atoms with Crippen molar-refractivity contribution in [2.75, 3.05) is 17.9 Å². The van der Waals surface area contributed by atoms with E-state index in [9.17, 15) is 17.6 Å². The Morgan fingerprint density at radius 3 is 2.55 bits per heavy atom. The van der Waals surface area contributed by atoms with Crippen molar-refractivity contribution in [3.63, 3.8) is 0 Å². The molecule has 8 heteroatoms. The van der Waals surface area contributed by atoms with Crippen molar-refractivity contribution in [1.82, 2.24) is 5.32 Å². The first kappa shape index (κ1) is 16.4. The minimum atomic E-state index is -3.79. The second-order valence-corrected chi connectivity index (χ2v) is 7.34. The number of halogens is 1. The second-order valence-electron chi connectivity index (χ2n) is 4.46. The Balaban J connectivity index is 2.30. The van der Waals surface area contributed by atoms with Gasteiger partial charge >= 0.3 is 0 Å². The summed E-state index contributed by atoms with van der Waals surface area (Å²) >= 11 is 1.06. The summed E-state index contributed by atoms with van der Waals surface area (Å²) in [4.78, 5) is 12.1. The van der Waals surface area contributed by atoms with Crippen LogP contribution in [0.3, 0.4) is 0 Å². The van der Waals surface area contributed by atoms with Gasteiger partial charge in [-0.3, -0.25) is 9.10 Å². The van der Waals surface area contributed by atoms with E-state index in [1.54, 1.807) is 6.92 Å². The zero-order valence-corrected chi connectivity index (χ0v) is 13.7. The average molecular weight is 342 g/mol. The number of benzene rings is 1. The lowest BCUT2D eigenvalue weighted by Crippen LogP contribution is -2.26. The van der Waals surface area contributed by atoms with Crippen LogP contribution < -0.4 is 9.62 Å². The molecule has 2 rings (SSSR count). The van der Waals surface area contributed by atoms with Crippen molar-refractivity contribution >= 4 is 33.0 Å². The van der Waals surface area contributed by atoms with Gasteiger partial charge in [-0.15, -0.1) is 11.3 Å². The third-order valence-electron chi connectivity index (χ3n) is 2.99. The molecular weight excluding hydrogens is 327 g/mol. The highest BCUT2D eigenvalue weighted by atomic mass is 32.2. The number of thiophene rings is 1. The van der Waals surface area contributed by atoms with Crippen molar-refractivity contribution in [1.29, 1.82) is 0 Å². The minimum Gasteiger partial charge on any atom is -0.352 e. The zero-order valence-electron chi connectivity index (χ0n) is 12.0. The van der Waals surface area contributed by atoms with Gasteiger partial charge in [0.25, 0.3) is 15.9 Å². The number of sulfonamides is 1. The number of nitrogens with zero attached hydrogens (tertiary/aromatic N) is 1. The molecule has 0 aliphatic heterocycles. The monoisotopic (exact) mass is 342 g/mol. The third kappa shape index (κ3) is 3.28. The van der Waals surface area contributed by atoms with Crippen molar-refractivity contribution in [3.8, 4) is 0 Å². The second kappa shape index (κ2) is 6.45. The topological polar surface area (TPSA) is 66.5 Å². The minimum absolute atomic E-state index is 0.0329. The fraction of sp³-hybridized carbons (Fsp3) is 0.214. The van der Waals surface area contributed by atoms with Crippen LogP contribution in [0.25, 0.3) is 0 Å². The summed E-state index contributed by atoms with van der Waals surface area (Å²) in [5.41, 5.74) is 0.340. The number of rotatable bonds is 5. The number of hydrogen-bond acceptors (Lipinski definition) is 4. The van der Waals surface area contributed by atoms with E-state index in [2.05, 4.69) is 5.32 Å². The fourth-order valence-electron chi connectivity index (χ4n) is 1.77. The van der Waals surface area contributed by atoms with E-state index in [1.807, 2.05) is 0 Å². The number of amides is 1. The van der Waals surface area contributed by atoms with Crippen LogP contribution in [0.1, 0.15) is 16.6 Å². The molecule has 118 valence electrons. The molecule has 1 aromatic carbocycles. The standard InChI is InChI=1S/C14H15FN2O3S2/c1-3-16-14(18)13-8-12(9-21-13)22(19,20)17(2)11-6-4-10(15)5-7-11/h4-9H,3H2,1-2H3,(H,16,18). The number of carbonyl (C=O) groups excluding carboxylic acids is 1. The molecular formula is C14H15FN2O3S2. The van der Waals surface area contributed by atoms with E-state index in [-0.39, 0.29) is 10.8 Å². The van der Waals surface area contributed by atoms with Crippen LogP contribution in [0.15, 0.2) is 40.6 Å². The molecule has 0 fully saturated rings. The molecule has 1 aromatic heterocycles. The average Bonchev–Trinajstić information content (AvgIpc) is 2.98. The molecule has 0 saturated carbocycles. The molecule has 0 bridgehead atoms. The molecule has 1 heterocycles. The van der Waals surface area contributed by atoms with Gasteiger partial charge in [0, 0.05) is 19.0 Å². The summed E-state index contributed by atoms with van der Waals surface area (Å²) in [6.07, 6.45) is 0. The molecule has 0 aliphatic carbocycles. The molecule has 1 N–H and O–H groups in total. The molecule has 5 nitrogen and oxygen atoms in total. The first-order chi connectivity index (χ1) is 10.4. The lowest BCUT2D eigenvalue weighted by Gasteiger charge is -2.18. The van der Waals surface area contributed by atoms with Crippen molar-refractivity contribution < 1.29 is 17.6 Å². The Bertz CT molecular complexity index is 770. The zero-order chi connectivity index (χ0) is 16.3.